The first-order valence-electron chi connectivity index (χ1n) is 4.68. The summed E-state index contributed by atoms with van der Waals surface area (Å²) in [7, 11) is 0. The van der Waals surface area contributed by atoms with Crippen molar-refractivity contribution in [3.63, 3.8) is 0 Å². The second-order valence-corrected chi connectivity index (χ2v) is 3.57. The number of carbonyl (C=O) groups is 1. The Labute approximate surface area is 83.1 Å². The molecular weight excluding hydrogens is 178 g/mol. The van der Waals surface area contributed by atoms with Crippen LogP contribution in [0.4, 0.5) is 5.69 Å². The van der Waals surface area contributed by atoms with Gasteiger partial charge in [0.25, 0.3) is 0 Å². The lowest BCUT2D eigenvalue weighted by Gasteiger charge is -2.09. The van der Waals surface area contributed by atoms with E-state index in [2.05, 4.69) is 11.4 Å². The van der Waals surface area contributed by atoms with Gasteiger partial charge in [0.05, 0.1) is 6.54 Å². The second-order valence-electron chi connectivity index (χ2n) is 3.57. The molecule has 0 fully saturated rings. The predicted octanol–water partition coefficient (Wildman–Crippen LogP) is 2.02. The van der Waals surface area contributed by atoms with Crippen molar-refractivity contribution in [2.24, 2.45) is 0 Å². The third kappa shape index (κ3) is 1.58. The first-order valence-corrected chi connectivity index (χ1v) is 4.68. The van der Waals surface area contributed by atoms with Gasteiger partial charge < -0.3 is 10.1 Å². The first-order chi connectivity index (χ1) is 6.66. The van der Waals surface area contributed by atoms with Crippen molar-refractivity contribution in [2.45, 2.75) is 20.0 Å². The van der Waals surface area contributed by atoms with Crippen LogP contribution in [0.5, 0.6) is 0 Å². The Morgan fingerprint density at radius 2 is 2.36 bits per heavy atom. The Morgan fingerprint density at radius 3 is 3.07 bits per heavy atom. The quantitative estimate of drug-likeness (QED) is 0.690. The van der Waals surface area contributed by atoms with Gasteiger partial charge in [-0.15, -0.1) is 0 Å². The minimum Gasteiger partial charge on any atom is -0.456 e. The van der Waals surface area contributed by atoms with Crippen LogP contribution in [0.2, 0.25) is 0 Å². The van der Waals surface area contributed by atoms with Crippen molar-refractivity contribution >= 4 is 11.7 Å². The maximum absolute atomic E-state index is 10.8. The van der Waals surface area contributed by atoms with Gasteiger partial charge in [0.15, 0.2) is 0 Å². The SMILES string of the molecule is CC(=O)OC1CNc2cc(C)ccc21. The van der Waals surface area contributed by atoms with Gasteiger partial charge in [-0.1, -0.05) is 12.1 Å². The summed E-state index contributed by atoms with van der Waals surface area (Å²) in [6.07, 6.45) is -0.122. The summed E-state index contributed by atoms with van der Waals surface area (Å²) >= 11 is 0. The molecule has 14 heavy (non-hydrogen) atoms. The Bertz CT molecular complexity index is 374. The Morgan fingerprint density at radius 1 is 1.57 bits per heavy atom. The summed E-state index contributed by atoms with van der Waals surface area (Å²) in [5.74, 6) is -0.231. The molecule has 1 heterocycles. The molecule has 3 heteroatoms. The molecule has 0 amide bonds. The number of anilines is 1. The number of nitrogens with one attached hydrogen (secondary N) is 1. The summed E-state index contributed by atoms with van der Waals surface area (Å²) in [5, 5.41) is 3.22. The number of hydrogen-bond acceptors (Lipinski definition) is 3. The summed E-state index contributed by atoms with van der Waals surface area (Å²) in [6.45, 7) is 4.16. The van der Waals surface area contributed by atoms with Gasteiger partial charge >= 0.3 is 5.97 Å². The highest BCUT2D eigenvalue weighted by molar-refractivity contribution is 5.68. The number of hydrogen-bond donors (Lipinski definition) is 1. The zero-order valence-electron chi connectivity index (χ0n) is 8.33. The highest BCUT2D eigenvalue weighted by Gasteiger charge is 2.24. The number of fused-ring (bicyclic) bond motifs is 1. The van der Waals surface area contributed by atoms with Gasteiger partial charge in [0.2, 0.25) is 0 Å². The van der Waals surface area contributed by atoms with Crippen molar-refractivity contribution in [2.75, 3.05) is 11.9 Å². The lowest BCUT2D eigenvalue weighted by Crippen LogP contribution is -2.09. The molecule has 2 rings (SSSR count). The third-order valence-corrected chi connectivity index (χ3v) is 2.34. The molecule has 0 bridgehead atoms. The maximum Gasteiger partial charge on any atom is 0.303 e. The van der Waals surface area contributed by atoms with E-state index in [1.165, 1.54) is 12.5 Å². The lowest BCUT2D eigenvalue weighted by atomic mass is 10.1. The lowest BCUT2D eigenvalue weighted by molar-refractivity contribution is -0.145. The van der Waals surface area contributed by atoms with E-state index in [4.69, 9.17) is 4.74 Å². The Kier molecular flexibility index (Phi) is 2.15. The highest BCUT2D eigenvalue weighted by Crippen LogP contribution is 2.32. The van der Waals surface area contributed by atoms with Crippen LogP contribution in [0.3, 0.4) is 0 Å². The zero-order chi connectivity index (χ0) is 10.1. The van der Waals surface area contributed by atoms with Gasteiger partial charge in [-0.3, -0.25) is 4.79 Å². The molecule has 1 N–H and O–H groups in total. The van der Waals surface area contributed by atoms with E-state index in [1.54, 1.807) is 0 Å². The molecule has 0 saturated carbocycles. The molecule has 0 saturated heterocycles. The number of esters is 1. The molecule has 1 aromatic carbocycles. The molecule has 1 aliphatic heterocycles. The molecule has 1 aromatic rings. The molecule has 0 radical (unpaired) electrons. The molecule has 0 aromatic heterocycles. The monoisotopic (exact) mass is 191 g/mol. The fourth-order valence-electron chi connectivity index (χ4n) is 1.72. The van der Waals surface area contributed by atoms with Gasteiger partial charge in [-0.2, -0.15) is 0 Å². The van der Waals surface area contributed by atoms with E-state index in [1.807, 2.05) is 19.1 Å². The Balaban J connectivity index is 2.26. The first kappa shape index (κ1) is 9.06. The van der Waals surface area contributed by atoms with Crippen molar-refractivity contribution < 1.29 is 9.53 Å². The molecule has 0 aliphatic carbocycles. The van der Waals surface area contributed by atoms with Gasteiger partial charge in [-0.05, 0) is 18.6 Å². The number of ether oxygens (including phenoxy) is 1. The number of carbonyl (C=O) groups excluding carboxylic acids is 1. The fraction of sp³-hybridized carbons (Fsp3) is 0.364. The number of rotatable bonds is 1. The summed E-state index contributed by atoms with van der Waals surface area (Å²) < 4.78 is 5.18. The van der Waals surface area contributed by atoms with Crippen LogP contribution in [-0.4, -0.2) is 12.5 Å². The molecule has 1 atom stereocenters. The van der Waals surface area contributed by atoms with E-state index >= 15 is 0 Å². The van der Waals surface area contributed by atoms with Gasteiger partial charge in [0, 0.05) is 18.2 Å². The topological polar surface area (TPSA) is 38.3 Å². The largest absolute Gasteiger partial charge is 0.456 e. The minimum atomic E-state index is -0.231. The fourth-order valence-corrected chi connectivity index (χ4v) is 1.72. The van der Waals surface area contributed by atoms with Crippen molar-refractivity contribution in [1.82, 2.24) is 0 Å². The average Bonchev–Trinajstić information content (AvgIpc) is 2.47. The van der Waals surface area contributed by atoms with Crippen molar-refractivity contribution in [1.29, 1.82) is 0 Å². The number of benzene rings is 1. The normalized spacial score (nSPS) is 18.6. The molecular formula is C11H13NO2. The maximum atomic E-state index is 10.8. The predicted molar refractivity (Wildman–Crippen MR) is 54.2 cm³/mol. The van der Waals surface area contributed by atoms with Gasteiger partial charge in [0.1, 0.15) is 6.10 Å². The minimum absolute atomic E-state index is 0.122. The standard InChI is InChI=1S/C11H13NO2/c1-7-3-4-9-10(5-7)12-6-11(9)14-8(2)13/h3-5,11-12H,6H2,1-2H3. The van der Waals surface area contributed by atoms with Crippen LogP contribution in [-0.2, 0) is 9.53 Å². The van der Waals surface area contributed by atoms with Gasteiger partial charge in [-0.25, -0.2) is 0 Å². The van der Waals surface area contributed by atoms with Crippen molar-refractivity contribution in [3.05, 3.63) is 29.3 Å². The van der Waals surface area contributed by atoms with Crippen LogP contribution in [0.15, 0.2) is 18.2 Å². The molecule has 74 valence electrons. The van der Waals surface area contributed by atoms with Crippen LogP contribution < -0.4 is 5.32 Å². The van der Waals surface area contributed by atoms with Crippen LogP contribution >= 0.6 is 0 Å². The van der Waals surface area contributed by atoms with E-state index in [9.17, 15) is 4.79 Å². The van der Waals surface area contributed by atoms with E-state index in [0.717, 1.165) is 11.3 Å². The zero-order valence-corrected chi connectivity index (χ0v) is 8.33. The molecule has 1 aliphatic rings. The van der Waals surface area contributed by atoms with Crippen LogP contribution in [0.25, 0.3) is 0 Å². The van der Waals surface area contributed by atoms with Crippen LogP contribution in [0.1, 0.15) is 24.2 Å². The smallest absolute Gasteiger partial charge is 0.303 e. The van der Waals surface area contributed by atoms with Crippen LogP contribution in [0, 0.1) is 6.92 Å². The molecule has 0 spiro atoms. The summed E-state index contributed by atoms with van der Waals surface area (Å²) in [4.78, 5) is 10.8. The Hall–Kier alpha value is -1.51. The summed E-state index contributed by atoms with van der Waals surface area (Å²) in [5.41, 5.74) is 3.36. The highest BCUT2D eigenvalue weighted by atomic mass is 16.5. The van der Waals surface area contributed by atoms with E-state index in [0.29, 0.717) is 6.54 Å². The molecule has 3 nitrogen and oxygen atoms in total. The number of aryl methyl sites for hydroxylation is 1. The van der Waals surface area contributed by atoms with E-state index < -0.39 is 0 Å². The second kappa shape index (κ2) is 3.33. The summed E-state index contributed by atoms with van der Waals surface area (Å²) in [6, 6.07) is 6.11. The van der Waals surface area contributed by atoms with Crippen molar-refractivity contribution in [3.8, 4) is 0 Å². The molecule has 1 unspecified atom stereocenters. The average molecular weight is 191 g/mol. The van der Waals surface area contributed by atoms with E-state index in [-0.39, 0.29) is 12.1 Å². The third-order valence-electron chi connectivity index (χ3n) is 2.34.